The quantitative estimate of drug-likeness (QED) is 0.916. The van der Waals surface area contributed by atoms with Crippen molar-refractivity contribution in [2.24, 2.45) is 5.73 Å². The first kappa shape index (κ1) is 16.9. The Morgan fingerprint density at radius 2 is 2.05 bits per heavy atom. The fourth-order valence-corrected chi connectivity index (χ4v) is 2.99. The lowest BCUT2D eigenvalue weighted by Gasteiger charge is -2.34. The molecule has 0 saturated carbocycles. The van der Waals surface area contributed by atoms with Crippen LogP contribution in [0.3, 0.4) is 0 Å². The summed E-state index contributed by atoms with van der Waals surface area (Å²) in [5, 5.41) is 4.12. The molecule has 3 rings (SSSR count). The van der Waals surface area contributed by atoms with E-state index in [1.165, 1.54) is 19.3 Å². The van der Waals surface area contributed by atoms with Crippen LogP contribution in [0.2, 0.25) is 0 Å². The van der Waals surface area contributed by atoms with Crippen molar-refractivity contribution in [2.45, 2.75) is 38.3 Å². The van der Waals surface area contributed by atoms with E-state index in [9.17, 15) is 0 Å². The molecule has 0 bridgehead atoms. The summed E-state index contributed by atoms with van der Waals surface area (Å²) in [7, 11) is 0. The van der Waals surface area contributed by atoms with Gasteiger partial charge >= 0.3 is 0 Å². The molecule has 5 nitrogen and oxygen atoms in total. The Bertz CT molecular complexity index is 558. The van der Waals surface area contributed by atoms with Crippen LogP contribution >= 0.6 is 12.4 Å². The highest BCUT2D eigenvalue weighted by Gasteiger charge is 2.23. The van der Waals surface area contributed by atoms with Crippen LogP contribution in [-0.2, 0) is 6.54 Å². The molecule has 1 unspecified atom stereocenters. The van der Waals surface area contributed by atoms with Crippen molar-refractivity contribution in [2.75, 3.05) is 13.1 Å². The highest BCUT2D eigenvalue weighted by atomic mass is 35.5. The minimum Gasteiger partial charge on any atom is -0.334 e. The molecule has 1 aliphatic heterocycles. The Morgan fingerprint density at radius 3 is 2.82 bits per heavy atom. The van der Waals surface area contributed by atoms with Gasteiger partial charge in [-0.05, 0) is 44.5 Å². The van der Waals surface area contributed by atoms with Gasteiger partial charge in [-0.1, -0.05) is 29.8 Å². The maximum atomic E-state index is 5.72. The van der Waals surface area contributed by atoms with Crippen LogP contribution in [0, 0.1) is 0 Å². The summed E-state index contributed by atoms with van der Waals surface area (Å²) < 4.78 is 5.37. The fraction of sp³-hybridized carbons (Fsp3) is 0.500. The number of hydrogen-bond donors (Lipinski definition) is 1. The molecule has 120 valence electrons. The molecule has 0 amide bonds. The van der Waals surface area contributed by atoms with E-state index >= 15 is 0 Å². The third-order valence-electron chi connectivity index (χ3n) is 4.08. The van der Waals surface area contributed by atoms with Crippen LogP contribution in [0.1, 0.15) is 31.5 Å². The van der Waals surface area contributed by atoms with E-state index < -0.39 is 0 Å². The van der Waals surface area contributed by atoms with Gasteiger partial charge < -0.3 is 10.3 Å². The number of halogens is 1. The van der Waals surface area contributed by atoms with E-state index in [2.05, 4.69) is 15.0 Å². The largest absolute Gasteiger partial charge is 0.334 e. The summed E-state index contributed by atoms with van der Waals surface area (Å²) >= 11 is 0. The molecule has 2 aromatic rings. The summed E-state index contributed by atoms with van der Waals surface area (Å²) in [4.78, 5) is 6.96. The number of nitrogens with zero attached hydrogens (tertiary/aromatic N) is 3. The number of rotatable bonds is 5. The van der Waals surface area contributed by atoms with Crippen LogP contribution in [-0.4, -0.2) is 34.2 Å². The molecular weight excluding hydrogens is 300 g/mol. The van der Waals surface area contributed by atoms with Gasteiger partial charge in [0.2, 0.25) is 0 Å². The molecule has 2 N–H and O–H groups in total. The maximum Gasteiger partial charge on any atom is 0.257 e. The molecule has 1 atom stereocenters. The molecule has 1 fully saturated rings. The second-order valence-electron chi connectivity index (χ2n) is 5.58. The predicted octanol–water partition coefficient (Wildman–Crippen LogP) is 2.86. The predicted molar refractivity (Wildman–Crippen MR) is 88.7 cm³/mol. The van der Waals surface area contributed by atoms with Gasteiger partial charge in [0.05, 0.1) is 6.54 Å². The first-order valence-corrected chi connectivity index (χ1v) is 7.69. The minimum absolute atomic E-state index is 0. The van der Waals surface area contributed by atoms with Crippen molar-refractivity contribution in [1.82, 2.24) is 15.0 Å². The number of likely N-dealkylation sites (tertiary alicyclic amines) is 1. The number of piperidine rings is 1. The zero-order chi connectivity index (χ0) is 14.5. The molecule has 1 aliphatic rings. The Labute approximate surface area is 137 Å². The first-order valence-electron chi connectivity index (χ1n) is 7.69. The normalized spacial score (nSPS) is 18.9. The number of hydrogen-bond acceptors (Lipinski definition) is 5. The molecule has 6 heteroatoms. The lowest BCUT2D eigenvalue weighted by atomic mass is 9.99. The summed E-state index contributed by atoms with van der Waals surface area (Å²) in [5.74, 6) is 1.36. The van der Waals surface area contributed by atoms with E-state index in [1.807, 2.05) is 30.3 Å². The highest BCUT2D eigenvalue weighted by Crippen LogP contribution is 2.22. The van der Waals surface area contributed by atoms with Crippen molar-refractivity contribution >= 4 is 12.4 Å². The molecule has 0 aliphatic carbocycles. The molecule has 0 spiro atoms. The molecule has 0 radical (unpaired) electrons. The van der Waals surface area contributed by atoms with Gasteiger partial charge in [0, 0.05) is 11.6 Å². The van der Waals surface area contributed by atoms with E-state index in [4.69, 9.17) is 10.3 Å². The molecule has 1 saturated heterocycles. The third kappa shape index (κ3) is 4.06. The zero-order valence-corrected chi connectivity index (χ0v) is 13.5. The van der Waals surface area contributed by atoms with Gasteiger partial charge in [-0.2, -0.15) is 4.98 Å². The van der Waals surface area contributed by atoms with Crippen LogP contribution < -0.4 is 5.73 Å². The van der Waals surface area contributed by atoms with E-state index in [-0.39, 0.29) is 12.4 Å². The lowest BCUT2D eigenvalue weighted by Crippen LogP contribution is -2.40. The smallest absolute Gasteiger partial charge is 0.257 e. The SMILES string of the molecule is Cl.NCCC1CCCCN1Cc1noc(-c2ccccc2)n1. The summed E-state index contributed by atoms with van der Waals surface area (Å²) in [5.41, 5.74) is 6.68. The Hall–Kier alpha value is -1.43. The number of nitrogens with two attached hydrogens (primary N) is 1. The van der Waals surface area contributed by atoms with Crippen LogP contribution in [0.4, 0.5) is 0 Å². The van der Waals surface area contributed by atoms with Gasteiger partial charge in [-0.15, -0.1) is 12.4 Å². The second kappa shape index (κ2) is 8.27. The van der Waals surface area contributed by atoms with Crippen molar-refractivity contribution in [3.05, 3.63) is 36.2 Å². The standard InChI is InChI=1S/C16H22N4O.ClH/c17-10-9-14-8-4-5-11-20(14)12-15-18-16(21-19-15)13-6-2-1-3-7-13;/h1-3,6-7,14H,4-5,8-12,17H2;1H. The third-order valence-corrected chi connectivity index (χ3v) is 4.08. The molecular formula is C16H23ClN4O. The Kier molecular flexibility index (Phi) is 6.36. The first-order chi connectivity index (χ1) is 10.4. The van der Waals surface area contributed by atoms with Gasteiger partial charge in [0.25, 0.3) is 5.89 Å². The average Bonchev–Trinajstić information content (AvgIpc) is 2.99. The number of benzene rings is 1. The minimum atomic E-state index is 0. The van der Waals surface area contributed by atoms with Gasteiger partial charge in [-0.3, -0.25) is 4.90 Å². The topological polar surface area (TPSA) is 68.2 Å². The van der Waals surface area contributed by atoms with Crippen molar-refractivity contribution in [3.8, 4) is 11.5 Å². The fourth-order valence-electron chi connectivity index (χ4n) is 2.99. The van der Waals surface area contributed by atoms with E-state index in [1.54, 1.807) is 0 Å². The lowest BCUT2D eigenvalue weighted by molar-refractivity contribution is 0.129. The van der Waals surface area contributed by atoms with Crippen molar-refractivity contribution in [3.63, 3.8) is 0 Å². The molecule has 1 aromatic carbocycles. The van der Waals surface area contributed by atoms with Crippen LogP contribution in [0.5, 0.6) is 0 Å². The molecule has 1 aromatic heterocycles. The van der Waals surface area contributed by atoms with Gasteiger partial charge in [0.1, 0.15) is 0 Å². The van der Waals surface area contributed by atoms with Crippen LogP contribution in [0.25, 0.3) is 11.5 Å². The van der Waals surface area contributed by atoms with E-state index in [0.717, 1.165) is 37.4 Å². The summed E-state index contributed by atoms with van der Waals surface area (Å²) in [6, 6.07) is 10.4. The molecule has 2 heterocycles. The molecule has 22 heavy (non-hydrogen) atoms. The van der Waals surface area contributed by atoms with Crippen molar-refractivity contribution < 1.29 is 4.52 Å². The summed E-state index contributed by atoms with van der Waals surface area (Å²) in [6.45, 7) is 2.59. The number of aromatic nitrogens is 2. The van der Waals surface area contributed by atoms with Gasteiger partial charge in [0.15, 0.2) is 5.82 Å². The van der Waals surface area contributed by atoms with Crippen molar-refractivity contribution in [1.29, 1.82) is 0 Å². The monoisotopic (exact) mass is 322 g/mol. The maximum absolute atomic E-state index is 5.72. The Balaban J connectivity index is 0.00000176. The second-order valence-corrected chi connectivity index (χ2v) is 5.58. The summed E-state index contributed by atoms with van der Waals surface area (Å²) in [6.07, 6.45) is 4.80. The van der Waals surface area contributed by atoms with Crippen LogP contribution in [0.15, 0.2) is 34.9 Å². The Morgan fingerprint density at radius 1 is 1.23 bits per heavy atom. The van der Waals surface area contributed by atoms with Gasteiger partial charge in [-0.25, -0.2) is 0 Å². The average molecular weight is 323 g/mol. The zero-order valence-electron chi connectivity index (χ0n) is 12.6. The highest BCUT2D eigenvalue weighted by molar-refractivity contribution is 5.85. The van der Waals surface area contributed by atoms with E-state index in [0.29, 0.717) is 11.9 Å².